The van der Waals surface area contributed by atoms with Crippen LogP contribution in [0, 0.1) is 5.82 Å². The topological polar surface area (TPSA) is 72.6 Å². The molecule has 0 fully saturated rings. The van der Waals surface area contributed by atoms with E-state index in [1.165, 1.54) is 6.07 Å². The Morgan fingerprint density at radius 3 is 2.94 bits per heavy atom. The van der Waals surface area contributed by atoms with Crippen LogP contribution in [0.2, 0.25) is 0 Å². The maximum absolute atomic E-state index is 13.2. The third-order valence-electron chi connectivity index (χ3n) is 2.61. The molecule has 0 spiro atoms. The van der Waals surface area contributed by atoms with Crippen molar-refractivity contribution in [2.45, 2.75) is 12.0 Å². The molecule has 0 aliphatic carbocycles. The number of carbonyl (C=O) groups is 1. The molecule has 0 bridgehead atoms. The first-order valence-electron chi connectivity index (χ1n) is 4.60. The third-order valence-corrected chi connectivity index (χ3v) is 3.20. The molecule has 1 heterocycles. The molecule has 1 aliphatic rings. The Balaban J connectivity index is 2.67. The summed E-state index contributed by atoms with van der Waals surface area (Å²) in [5.74, 6) is -1.43. The van der Waals surface area contributed by atoms with E-state index in [1.807, 2.05) is 0 Å². The number of fused-ring (bicyclic) bond motifs is 1. The summed E-state index contributed by atoms with van der Waals surface area (Å²) in [5, 5.41) is 9.11. The number of hydrogen-bond donors (Lipinski definition) is 2. The van der Waals surface area contributed by atoms with E-state index >= 15 is 0 Å². The number of aliphatic carboxylic acids is 1. The van der Waals surface area contributed by atoms with Gasteiger partial charge in [-0.3, -0.25) is 0 Å². The molecule has 1 aromatic carbocycles. The van der Waals surface area contributed by atoms with Crippen molar-refractivity contribution in [2.75, 3.05) is 6.61 Å². The first kappa shape index (κ1) is 11.3. The van der Waals surface area contributed by atoms with E-state index in [0.29, 0.717) is 10.2 Å². The normalized spacial score (nSPS) is 23.4. The summed E-state index contributed by atoms with van der Waals surface area (Å²) in [4.78, 5) is 11.1. The summed E-state index contributed by atoms with van der Waals surface area (Å²) in [6, 6.07) is 2.32. The first-order chi connectivity index (χ1) is 7.45. The zero-order chi connectivity index (χ0) is 11.9. The molecule has 0 radical (unpaired) electrons. The van der Waals surface area contributed by atoms with E-state index in [-0.39, 0.29) is 18.6 Å². The summed E-state index contributed by atoms with van der Waals surface area (Å²) in [7, 11) is 0. The van der Waals surface area contributed by atoms with E-state index in [2.05, 4.69) is 15.9 Å². The number of rotatable bonds is 1. The van der Waals surface area contributed by atoms with Gasteiger partial charge in [-0.2, -0.15) is 0 Å². The average Bonchev–Trinajstić information content (AvgIpc) is 2.19. The highest BCUT2D eigenvalue weighted by atomic mass is 79.9. The number of carboxylic acid groups (broad SMARTS) is 1. The van der Waals surface area contributed by atoms with Crippen LogP contribution >= 0.6 is 15.9 Å². The van der Waals surface area contributed by atoms with Gasteiger partial charge in [0.15, 0.2) is 0 Å². The Kier molecular flexibility index (Phi) is 2.63. The molecular formula is C10H9BrFNO3. The van der Waals surface area contributed by atoms with Gasteiger partial charge >= 0.3 is 5.97 Å². The van der Waals surface area contributed by atoms with Crippen molar-refractivity contribution >= 4 is 21.9 Å². The maximum Gasteiger partial charge on any atom is 0.328 e. The molecule has 1 unspecified atom stereocenters. The lowest BCUT2D eigenvalue weighted by molar-refractivity contribution is -0.144. The lowest BCUT2D eigenvalue weighted by Gasteiger charge is -2.32. The van der Waals surface area contributed by atoms with E-state index in [4.69, 9.17) is 15.6 Å². The van der Waals surface area contributed by atoms with Crippen LogP contribution in [-0.2, 0) is 10.3 Å². The second-order valence-electron chi connectivity index (χ2n) is 3.64. The predicted octanol–water partition coefficient (Wildman–Crippen LogP) is 1.61. The molecule has 2 rings (SSSR count). The molecule has 3 N–H and O–H groups in total. The van der Waals surface area contributed by atoms with Crippen molar-refractivity contribution in [3.63, 3.8) is 0 Å². The van der Waals surface area contributed by atoms with Crippen molar-refractivity contribution in [2.24, 2.45) is 5.73 Å². The summed E-state index contributed by atoms with van der Waals surface area (Å²) in [6.07, 6.45) is 0.116. The molecule has 0 amide bonds. The van der Waals surface area contributed by atoms with Gasteiger partial charge in [-0.05, 0) is 28.1 Å². The lowest BCUT2D eigenvalue weighted by Crippen LogP contribution is -2.48. The lowest BCUT2D eigenvalue weighted by atomic mass is 9.85. The second-order valence-corrected chi connectivity index (χ2v) is 4.49. The van der Waals surface area contributed by atoms with Crippen LogP contribution in [0.5, 0.6) is 5.75 Å². The Labute approximate surface area is 99.3 Å². The highest BCUT2D eigenvalue weighted by Gasteiger charge is 2.42. The van der Waals surface area contributed by atoms with Crippen LogP contribution < -0.4 is 10.5 Å². The van der Waals surface area contributed by atoms with Gasteiger partial charge in [0.2, 0.25) is 0 Å². The summed E-state index contributed by atoms with van der Waals surface area (Å²) < 4.78 is 18.9. The standard InChI is InChI=1S/C10H9BrFNO3/c11-7-4-5(12)3-6-8(7)16-2-1-10(6,13)9(14)15/h3-4H,1-2,13H2,(H,14,15). The quantitative estimate of drug-likeness (QED) is 0.824. The van der Waals surface area contributed by atoms with Crippen LogP contribution in [0.1, 0.15) is 12.0 Å². The monoisotopic (exact) mass is 289 g/mol. The maximum atomic E-state index is 13.2. The molecule has 1 aromatic rings. The van der Waals surface area contributed by atoms with Crippen molar-refractivity contribution in [1.29, 1.82) is 0 Å². The van der Waals surface area contributed by atoms with Gasteiger partial charge in [-0.1, -0.05) is 0 Å². The predicted molar refractivity (Wildman–Crippen MR) is 57.7 cm³/mol. The number of hydrogen-bond acceptors (Lipinski definition) is 3. The molecule has 1 aliphatic heterocycles. The molecular weight excluding hydrogens is 281 g/mol. The van der Waals surface area contributed by atoms with Crippen LogP contribution in [0.15, 0.2) is 16.6 Å². The molecule has 0 saturated carbocycles. The Hall–Kier alpha value is -1.14. The van der Waals surface area contributed by atoms with E-state index in [1.54, 1.807) is 0 Å². The van der Waals surface area contributed by atoms with Gasteiger partial charge in [0.1, 0.15) is 17.1 Å². The zero-order valence-corrected chi connectivity index (χ0v) is 9.75. The average molecular weight is 290 g/mol. The number of halogens is 2. The van der Waals surface area contributed by atoms with Gasteiger partial charge < -0.3 is 15.6 Å². The van der Waals surface area contributed by atoms with Crippen LogP contribution in [0.25, 0.3) is 0 Å². The minimum Gasteiger partial charge on any atom is -0.492 e. The van der Waals surface area contributed by atoms with Gasteiger partial charge in [0.25, 0.3) is 0 Å². The summed E-state index contributed by atoms with van der Waals surface area (Å²) in [6.45, 7) is 0.194. The third kappa shape index (κ3) is 1.58. The molecule has 86 valence electrons. The number of nitrogens with two attached hydrogens (primary N) is 1. The minimum atomic E-state index is -1.59. The fraction of sp³-hybridized carbons (Fsp3) is 0.300. The fourth-order valence-electron chi connectivity index (χ4n) is 1.71. The van der Waals surface area contributed by atoms with Gasteiger partial charge in [0.05, 0.1) is 11.1 Å². The highest BCUT2D eigenvalue weighted by Crippen LogP contribution is 2.40. The van der Waals surface area contributed by atoms with Crippen LogP contribution in [-0.4, -0.2) is 17.7 Å². The molecule has 16 heavy (non-hydrogen) atoms. The van der Waals surface area contributed by atoms with Crippen molar-refractivity contribution < 1.29 is 19.0 Å². The van der Waals surface area contributed by atoms with E-state index in [0.717, 1.165) is 6.07 Å². The van der Waals surface area contributed by atoms with Gasteiger partial charge in [-0.25, -0.2) is 9.18 Å². The number of carboxylic acids is 1. The van der Waals surface area contributed by atoms with E-state index < -0.39 is 17.3 Å². The summed E-state index contributed by atoms with van der Waals surface area (Å²) in [5.41, 5.74) is 4.36. The van der Waals surface area contributed by atoms with Gasteiger partial charge in [-0.15, -0.1) is 0 Å². The SMILES string of the molecule is NC1(C(=O)O)CCOc2c(Br)cc(F)cc21. The number of ether oxygens (including phenoxy) is 1. The van der Waals surface area contributed by atoms with Crippen molar-refractivity contribution in [1.82, 2.24) is 0 Å². The Morgan fingerprint density at radius 1 is 1.62 bits per heavy atom. The molecule has 1 atom stereocenters. The molecule has 0 saturated heterocycles. The van der Waals surface area contributed by atoms with Gasteiger partial charge in [0, 0.05) is 12.0 Å². The second kappa shape index (κ2) is 3.71. The molecule has 0 aromatic heterocycles. The smallest absolute Gasteiger partial charge is 0.328 e. The first-order valence-corrected chi connectivity index (χ1v) is 5.39. The fourth-order valence-corrected chi connectivity index (χ4v) is 2.26. The van der Waals surface area contributed by atoms with Crippen LogP contribution in [0.4, 0.5) is 4.39 Å². The minimum absolute atomic E-state index is 0.116. The van der Waals surface area contributed by atoms with E-state index in [9.17, 15) is 9.18 Å². The van der Waals surface area contributed by atoms with Crippen molar-refractivity contribution in [3.05, 3.63) is 28.0 Å². The Bertz CT molecular complexity index is 466. The largest absolute Gasteiger partial charge is 0.492 e. The Morgan fingerprint density at radius 2 is 2.31 bits per heavy atom. The van der Waals surface area contributed by atoms with Crippen LogP contribution in [0.3, 0.4) is 0 Å². The number of benzene rings is 1. The molecule has 6 heteroatoms. The van der Waals surface area contributed by atoms with Crippen molar-refractivity contribution in [3.8, 4) is 5.75 Å². The molecule has 4 nitrogen and oxygen atoms in total. The zero-order valence-electron chi connectivity index (χ0n) is 8.17. The summed E-state index contributed by atoms with van der Waals surface area (Å²) >= 11 is 3.12. The highest BCUT2D eigenvalue weighted by molar-refractivity contribution is 9.10.